The lowest BCUT2D eigenvalue weighted by Gasteiger charge is -2.34. The molecule has 1 aliphatic rings. The molecule has 0 saturated carbocycles. The van der Waals surface area contributed by atoms with Crippen molar-refractivity contribution in [3.8, 4) is 11.5 Å². The highest BCUT2D eigenvalue weighted by Gasteiger charge is 2.26. The first-order valence-electron chi connectivity index (χ1n) is 13.4. The number of hydrogen-bond donors (Lipinski definition) is 0. The van der Waals surface area contributed by atoms with Gasteiger partial charge >= 0.3 is 0 Å². The average molecular weight is 495 g/mol. The molecule has 0 aromatic heterocycles. The summed E-state index contributed by atoms with van der Waals surface area (Å²) in [6.45, 7) is 8.72. The van der Waals surface area contributed by atoms with Crippen molar-refractivity contribution >= 4 is 11.8 Å². The molecule has 0 N–H and O–H groups in total. The number of carbonyl (C=O) groups excluding carboxylic acids is 2. The fourth-order valence-corrected chi connectivity index (χ4v) is 4.73. The van der Waals surface area contributed by atoms with Crippen molar-refractivity contribution in [2.75, 3.05) is 33.4 Å². The van der Waals surface area contributed by atoms with Gasteiger partial charge < -0.3 is 19.3 Å². The van der Waals surface area contributed by atoms with Crippen molar-refractivity contribution < 1.29 is 19.1 Å². The molecule has 0 spiro atoms. The maximum absolute atomic E-state index is 13.6. The van der Waals surface area contributed by atoms with Crippen molar-refractivity contribution in [1.29, 1.82) is 0 Å². The minimum absolute atomic E-state index is 0.0218. The van der Waals surface area contributed by atoms with Crippen LogP contribution in [0.15, 0.2) is 48.5 Å². The van der Waals surface area contributed by atoms with Crippen LogP contribution in [0.5, 0.6) is 11.5 Å². The predicted molar refractivity (Wildman–Crippen MR) is 144 cm³/mol. The summed E-state index contributed by atoms with van der Waals surface area (Å²) in [4.78, 5) is 30.5. The van der Waals surface area contributed by atoms with Gasteiger partial charge in [0.05, 0.1) is 24.6 Å². The molecule has 0 saturated heterocycles. The molecule has 1 heterocycles. The maximum atomic E-state index is 13.6. The Kier molecular flexibility index (Phi) is 10.6. The first-order valence-corrected chi connectivity index (χ1v) is 13.4. The number of benzene rings is 2. The molecule has 0 bridgehead atoms. The van der Waals surface area contributed by atoms with Crippen molar-refractivity contribution in [1.82, 2.24) is 9.80 Å². The number of rotatable bonds is 6. The van der Waals surface area contributed by atoms with Crippen LogP contribution in [0.25, 0.3) is 0 Å². The van der Waals surface area contributed by atoms with Gasteiger partial charge in [-0.15, -0.1) is 0 Å². The Morgan fingerprint density at radius 2 is 1.72 bits per heavy atom. The van der Waals surface area contributed by atoms with E-state index in [9.17, 15) is 9.59 Å². The lowest BCUT2D eigenvalue weighted by atomic mass is 10.0. The van der Waals surface area contributed by atoms with Crippen LogP contribution >= 0.6 is 0 Å². The molecule has 36 heavy (non-hydrogen) atoms. The minimum Gasteiger partial charge on any atom is -0.494 e. The van der Waals surface area contributed by atoms with Gasteiger partial charge in [0.2, 0.25) is 5.91 Å². The van der Waals surface area contributed by atoms with Crippen molar-refractivity contribution in [2.45, 2.75) is 65.3 Å². The minimum atomic E-state index is -0.0657. The summed E-state index contributed by atoms with van der Waals surface area (Å²) >= 11 is 0. The van der Waals surface area contributed by atoms with E-state index in [4.69, 9.17) is 9.47 Å². The monoisotopic (exact) mass is 494 g/mol. The summed E-state index contributed by atoms with van der Waals surface area (Å²) in [6.07, 6.45) is 5.14. The van der Waals surface area contributed by atoms with E-state index in [1.807, 2.05) is 67.4 Å². The number of amides is 2. The van der Waals surface area contributed by atoms with E-state index in [2.05, 4.69) is 13.8 Å². The molecule has 2 amide bonds. The molecule has 1 atom stereocenters. The third-order valence-electron chi connectivity index (χ3n) is 6.63. The van der Waals surface area contributed by atoms with Crippen molar-refractivity contribution in [2.24, 2.45) is 5.92 Å². The van der Waals surface area contributed by atoms with E-state index < -0.39 is 0 Å². The summed E-state index contributed by atoms with van der Waals surface area (Å²) in [5.41, 5.74) is 1.55. The molecule has 0 aliphatic carbocycles. The standard InChI is InChI=1S/C30H42N2O4/c1-5-35-26-16-14-24(15-17-26)21-29(33)32-19-11-7-6-10-18-31(4)30(34)27-12-8-9-13-28(27)36-22-25(32)20-23(2)3/h8-9,12-17,23,25H,5-7,10-11,18-22H2,1-4H3/t25-/m0/s1. The van der Waals surface area contributed by atoms with Gasteiger partial charge in [-0.1, -0.05) is 51.0 Å². The van der Waals surface area contributed by atoms with Gasteiger partial charge in [-0.25, -0.2) is 0 Å². The second-order valence-electron chi connectivity index (χ2n) is 10.1. The molecule has 2 aromatic carbocycles. The number of nitrogens with zero attached hydrogens (tertiary/aromatic N) is 2. The molecule has 0 unspecified atom stereocenters. The topological polar surface area (TPSA) is 59.1 Å². The molecule has 1 aliphatic heterocycles. The Morgan fingerprint density at radius 1 is 1.03 bits per heavy atom. The summed E-state index contributed by atoms with van der Waals surface area (Å²) in [5, 5.41) is 0. The zero-order chi connectivity index (χ0) is 25.9. The molecule has 3 rings (SSSR count). The highest BCUT2D eigenvalue weighted by Crippen LogP contribution is 2.23. The summed E-state index contributed by atoms with van der Waals surface area (Å²) in [5.74, 6) is 1.90. The molecular formula is C30H42N2O4. The van der Waals surface area contributed by atoms with E-state index in [0.717, 1.165) is 43.4 Å². The zero-order valence-electron chi connectivity index (χ0n) is 22.4. The predicted octanol–water partition coefficient (Wildman–Crippen LogP) is 5.60. The number of fused-ring (bicyclic) bond motifs is 1. The number of carbonyl (C=O) groups is 2. The van der Waals surface area contributed by atoms with Crippen molar-refractivity contribution in [3.63, 3.8) is 0 Å². The van der Waals surface area contributed by atoms with E-state index in [1.54, 1.807) is 4.90 Å². The Labute approximate surface area is 216 Å². The largest absolute Gasteiger partial charge is 0.494 e. The third kappa shape index (κ3) is 8.00. The Bertz CT molecular complexity index is 973. The lowest BCUT2D eigenvalue weighted by molar-refractivity contribution is -0.134. The first-order chi connectivity index (χ1) is 17.4. The van der Waals surface area contributed by atoms with Crippen LogP contribution in [0.3, 0.4) is 0 Å². The van der Waals surface area contributed by atoms with Crippen LogP contribution in [-0.4, -0.2) is 61.0 Å². The van der Waals surface area contributed by atoms with Gasteiger partial charge in [0.1, 0.15) is 18.1 Å². The molecule has 196 valence electrons. The summed E-state index contributed by atoms with van der Waals surface area (Å²) in [7, 11) is 1.86. The highest BCUT2D eigenvalue weighted by molar-refractivity contribution is 5.96. The van der Waals surface area contributed by atoms with Crippen molar-refractivity contribution in [3.05, 3.63) is 59.7 Å². The van der Waals surface area contributed by atoms with Crippen LogP contribution in [0.2, 0.25) is 0 Å². The van der Waals surface area contributed by atoms with E-state index in [1.165, 1.54) is 0 Å². The molecule has 6 nitrogen and oxygen atoms in total. The smallest absolute Gasteiger partial charge is 0.257 e. The van der Waals surface area contributed by atoms with Gasteiger partial charge in [0, 0.05) is 20.1 Å². The summed E-state index contributed by atoms with van der Waals surface area (Å²) < 4.78 is 11.8. The number of ether oxygens (including phenoxy) is 2. The average Bonchev–Trinajstić information content (AvgIpc) is 2.86. The lowest BCUT2D eigenvalue weighted by Crippen LogP contribution is -2.46. The molecule has 0 fully saturated rings. The quantitative estimate of drug-likeness (QED) is 0.525. The summed E-state index contributed by atoms with van der Waals surface area (Å²) in [6, 6.07) is 15.2. The van der Waals surface area contributed by atoms with Gasteiger partial charge in [0.25, 0.3) is 5.91 Å². The fraction of sp³-hybridized carbons (Fsp3) is 0.533. The second-order valence-corrected chi connectivity index (χ2v) is 10.1. The maximum Gasteiger partial charge on any atom is 0.257 e. The Hall–Kier alpha value is -3.02. The SMILES string of the molecule is CCOc1ccc(CC(=O)N2CCCCCCN(C)C(=O)c3ccccc3OC[C@@H]2CC(C)C)cc1. The molecule has 2 aromatic rings. The van der Waals surface area contributed by atoms with E-state index in [0.29, 0.717) is 50.0 Å². The van der Waals surface area contributed by atoms with Gasteiger partial charge in [-0.2, -0.15) is 0 Å². The fourth-order valence-electron chi connectivity index (χ4n) is 4.73. The van der Waals surface area contributed by atoms with Crippen LogP contribution < -0.4 is 9.47 Å². The van der Waals surface area contributed by atoms with E-state index >= 15 is 0 Å². The Morgan fingerprint density at radius 3 is 2.42 bits per heavy atom. The van der Waals surface area contributed by atoms with Gasteiger partial charge in [0.15, 0.2) is 0 Å². The van der Waals surface area contributed by atoms with Gasteiger partial charge in [-0.3, -0.25) is 9.59 Å². The van der Waals surface area contributed by atoms with Crippen LogP contribution in [-0.2, 0) is 11.2 Å². The third-order valence-corrected chi connectivity index (χ3v) is 6.63. The zero-order valence-corrected chi connectivity index (χ0v) is 22.4. The van der Waals surface area contributed by atoms with Crippen LogP contribution in [0, 0.1) is 5.92 Å². The molecule has 0 radical (unpaired) electrons. The Balaban J connectivity index is 1.84. The van der Waals surface area contributed by atoms with E-state index in [-0.39, 0.29) is 17.9 Å². The molecule has 6 heteroatoms. The van der Waals surface area contributed by atoms with Gasteiger partial charge in [-0.05, 0) is 61.9 Å². The number of para-hydroxylation sites is 1. The highest BCUT2D eigenvalue weighted by atomic mass is 16.5. The van der Waals surface area contributed by atoms with Crippen LogP contribution in [0.4, 0.5) is 0 Å². The number of hydrogen-bond acceptors (Lipinski definition) is 4. The normalized spacial score (nSPS) is 17.8. The molecular weight excluding hydrogens is 452 g/mol. The van der Waals surface area contributed by atoms with Crippen LogP contribution in [0.1, 0.15) is 68.8 Å². The second kappa shape index (κ2) is 13.9. The first kappa shape index (κ1) is 27.6.